The SMILES string of the molecule is CCOP(=O)(OCC)[C@H]1CC(C)=CC[C@@H]1C(=O)N1C(=O)OC(c2ccccc2)(c2ccccc2)[C@@H]1C(C)C. The smallest absolute Gasteiger partial charge is 0.418 e. The van der Waals surface area contributed by atoms with Gasteiger partial charge in [-0.2, -0.15) is 0 Å². The summed E-state index contributed by atoms with van der Waals surface area (Å²) in [5.41, 5.74) is 0.718. The Morgan fingerprint density at radius 2 is 1.55 bits per heavy atom. The summed E-state index contributed by atoms with van der Waals surface area (Å²) in [4.78, 5) is 29.4. The number of carbonyl (C=O) groups excluding carboxylic acids is 2. The van der Waals surface area contributed by atoms with E-state index in [1.807, 2.05) is 87.5 Å². The molecule has 2 aromatic carbocycles. The minimum Gasteiger partial charge on any atom is -0.430 e. The second-order valence-corrected chi connectivity index (χ2v) is 12.5. The van der Waals surface area contributed by atoms with Crippen molar-refractivity contribution in [2.24, 2.45) is 11.8 Å². The Balaban J connectivity index is 1.84. The maximum absolute atomic E-state index is 14.4. The highest BCUT2D eigenvalue weighted by atomic mass is 31.2. The number of rotatable bonds is 9. The molecule has 1 aliphatic carbocycles. The molecule has 1 saturated heterocycles. The fourth-order valence-electron chi connectivity index (χ4n) is 5.94. The van der Waals surface area contributed by atoms with Gasteiger partial charge in [0.05, 0.1) is 30.8 Å². The molecule has 8 heteroatoms. The quantitative estimate of drug-likeness (QED) is 0.254. The van der Waals surface area contributed by atoms with Gasteiger partial charge in [0.25, 0.3) is 0 Å². The third-order valence-electron chi connectivity index (χ3n) is 7.47. The summed E-state index contributed by atoms with van der Waals surface area (Å²) >= 11 is 0. The van der Waals surface area contributed by atoms with E-state index in [9.17, 15) is 14.2 Å². The topological polar surface area (TPSA) is 82.1 Å². The average molecular weight is 540 g/mol. The highest BCUT2D eigenvalue weighted by Crippen LogP contribution is 2.60. The van der Waals surface area contributed by atoms with Crippen LogP contribution in [-0.4, -0.2) is 41.8 Å². The maximum Gasteiger partial charge on any atom is 0.418 e. The number of hydrogen-bond donors (Lipinski definition) is 0. The van der Waals surface area contributed by atoms with Gasteiger partial charge in [0.2, 0.25) is 5.91 Å². The molecule has 4 rings (SSSR count). The molecular formula is C30H38NO6P. The van der Waals surface area contributed by atoms with E-state index < -0.39 is 42.8 Å². The van der Waals surface area contributed by atoms with Crippen molar-refractivity contribution in [3.63, 3.8) is 0 Å². The fraction of sp³-hybridized carbons (Fsp3) is 0.467. The van der Waals surface area contributed by atoms with E-state index in [1.165, 1.54) is 4.90 Å². The van der Waals surface area contributed by atoms with Crippen LogP contribution in [0.1, 0.15) is 58.6 Å². The Labute approximate surface area is 225 Å². The van der Waals surface area contributed by atoms with Crippen molar-refractivity contribution < 1.29 is 27.9 Å². The van der Waals surface area contributed by atoms with E-state index in [4.69, 9.17) is 13.8 Å². The number of cyclic esters (lactones) is 1. The van der Waals surface area contributed by atoms with Gasteiger partial charge in [-0.25, -0.2) is 9.69 Å². The molecular weight excluding hydrogens is 501 g/mol. The molecule has 1 aliphatic heterocycles. The Bertz CT molecular complexity index is 1160. The summed E-state index contributed by atoms with van der Waals surface area (Å²) in [7, 11) is -3.63. The van der Waals surface area contributed by atoms with Crippen LogP contribution in [0.4, 0.5) is 4.79 Å². The monoisotopic (exact) mass is 539 g/mol. The minimum absolute atomic E-state index is 0.143. The van der Waals surface area contributed by atoms with Crippen LogP contribution < -0.4 is 0 Å². The van der Waals surface area contributed by atoms with Crippen LogP contribution in [0.5, 0.6) is 0 Å². The summed E-state index contributed by atoms with van der Waals surface area (Å²) in [6.45, 7) is 9.84. The zero-order chi connectivity index (χ0) is 27.5. The van der Waals surface area contributed by atoms with Gasteiger partial charge < -0.3 is 13.8 Å². The Kier molecular flexibility index (Phi) is 8.61. The summed E-state index contributed by atoms with van der Waals surface area (Å²) in [5, 5.41) is 0. The second-order valence-electron chi connectivity index (χ2n) is 10.3. The molecule has 204 valence electrons. The Morgan fingerprint density at radius 3 is 2.03 bits per heavy atom. The van der Waals surface area contributed by atoms with Crippen molar-refractivity contribution in [2.75, 3.05) is 13.2 Å². The van der Waals surface area contributed by atoms with Gasteiger partial charge in [0.15, 0.2) is 5.60 Å². The third-order valence-corrected chi connectivity index (χ3v) is 10.1. The average Bonchev–Trinajstić information content (AvgIpc) is 3.23. The maximum atomic E-state index is 14.4. The first-order valence-corrected chi connectivity index (χ1v) is 15.0. The Morgan fingerprint density at radius 1 is 1.03 bits per heavy atom. The lowest BCUT2D eigenvalue weighted by molar-refractivity contribution is -0.135. The molecule has 0 bridgehead atoms. The van der Waals surface area contributed by atoms with Gasteiger partial charge in [-0.05, 0) is 39.5 Å². The van der Waals surface area contributed by atoms with Crippen LogP contribution in [0, 0.1) is 11.8 Å². The molecule has 0 N–H and O–H groups in total. The van der Waals surface area contributed by atoms with Crippen molar-refractivity contribution in [3.05, 3.63) is 83.4 Å². The van der Waals surface area contributed by atoms with Crippen molar-refractivity contribution in [3.8, 4) is 0 Å². The molecule has 1 fully saturated rings. The molecule has 0 unspecified atom stereocenters. The first-order valence-electron chi connectivity index (χ1n) is 13.4. The van der Waals surface area contributed by atoms with Crippen LogP contribution in [0.25, 0.3) is 0 Å². The van der Waals surface area contributed by atoms with E-state index in [0.29, 0.717) is 12.8 Å². The molecule has 0 aromatic heterocycles. The summed E-state index contributed by atoms with van der Waals surface area (Å²) in [5.74, 6) is -1.30. The summed E-state index contributed by atoms with van der Waals surface area (Å²) in [6.07, 6.45) is 2.02. The largest absolute Gasteiger partial charge is 0.430 e. The Hall–Kier alpha value is -2.73. The first kappa shape index (κ1) is 28.3. The predicted molar refractivity (Wildman–Crippen MR) is 147 cm³/mol. The van der Waals surface area contributed by atoms with Crippen molar-refractivity contribution >= 4 is 19.6 Å². The number of nitrogens with zero attached hydrogens (tertiary/aromatic N) is 1. The summed E-state index contributed by atoms with van der Waals surface area (Å²) in [6, 6.07) is 18.5. The van der Waals surface area contributed by atoms with Crippen molar-refractivity contribution in [1.29, 1.82) is 0 Å². The normalized spacial score (nSPS) is 23.3. The molecule has 0 saturated carbocycles. The van der Waals surface area contributed by atoms with Crippen LogP contribution in [0.2, 0.25) is 0 Å². The van der Waals surface area contributed by atoms with E-state index in [0.717, 1.165) is 16.7 Å². The third kappa shape index (κ3) is 5.00. The lowest BCUT2D eigenvalue weighted by Crippen LogP contribution is -2.52. The molecule has 0 spiro atoms. The van der Waals surface area contributed by atoms with Crippen molar-refractivity contribution in [2.45, 2.75) is 64.8 Å². The van der Waals surface area contributed by atoms with Gasteiger partial charge in [0, 0.05) is 11.1 Å². The highest BCUT2D eigenvalue weighted by Gasteiger charge is 2.61. The lowest BCUT2D eigenvalue weighted by atomic mass is 9.75. The zero-order valence-electron chi connectivity index (χ0n) is 22.8. The van der Waals surface area contributed by atoms with Gasteiger partial charge in [0.1, 0.15) is 0 Å². The van der Waals surface area contributed by atoms with Gasteiger partial charge in [-0.1, -0.05) is 86.2 Å². The van der Waals surface area contributed by atoms with Gasteiger partial charge in [-0.15, -0.1) is 0 Å². The number of hydrogen-bond acceptors (Lipinski definition) is 6. The number of allylic oxidation sites excluding steroid dienone is 2. The van der Waals surface area contributed by atoms with E-state index in [-0.39, 0.29) is 19.1 Å². The number of benzene rings is 2. The predicted octanol–water partition coefficient (Wildman–Crippen LogP) is 6.92. The molecule has 2 aliphatic rings. The van der Waals surface area contributed by atoms with Crippen LogP contribution in [0.3, 0.4) is 0 Å². The van der Waals surface area contributed by atoms with Crippen molar-refractivity contribution in [1.82, 2.24) is 4.90 Å². The minimum atomic E-state index is -3.63. The molecule has 2 aromatic rings. The van der Waals surface area contributed by atoms with E-state index >= 15 is 0 Å². The standard InChI is InChI=1S/C30H38NO6P/c1-6-35-38(34,36-7-2)26-20-22(5)18-19-25(26)28(32)31-27(21(3)4)30(37-29(31)33,23-14-10-8-11-15-23)24-16-12-9-13-17-24/h8-18,21,25-27H,6-7,19-20H2,1-5H3/t25-,26-,27-/m0/s1. The molecule has 0 radical (unpaired) electrons. The van der Waals surface area contributed by atoms with E-state index in [1.54, 1.807) is 13.8 Å². The van der Waals surface area contributed by atoms with Gasteiger partial charge in [-0.3, -0.25) is 9.36 Å². The first-order chi connectivity index (χ1) is 18.2. The molecule has 1 heterocycles. The van der Waals surface area contributed by atoms with Gasteiger partial charge >= 0.3 is 13.7 Å². The number of ether oxygens (including phenoxy) is 1. The number of imide groups is 1. The fourth-order valence-corrected chi connectivity index (χ4v) is 8.32. The van der Waals surface area contributed by atoms with Crippen LogP contribution >= 0.6 is 7.60 Å². The number of amides is 2. The molecule has 3 atom stereocenters. The van der Waals surface area contributed by atoms with Crippen LogP contribution in [0.15, 0.2) is 72.3 Å². The van der Waals surface area contributed by atoms with E-state index in [2.05, 4.69) is 0 Å². The highest BCUT2D eigenvalue weighted by molar-refractivity contribution is 7.54. The zero-order valence-corrected chi connectivity index (χ0v) is 23.7. The molecule has 2 amide bonds. The molecule has 38 heavy (non-hydrogen) atoms. The molecule has 7 nitrogen and oxygen atoms in total. The lowest BCUT2D eigenvalue weighted by Gasteiger charge is -2.40. The number of carbonyl (C=O) groups is 2. The summed E-state index contributed by atoms with van der Waals surface area (Å²) < 4.78 is 31.6. The second kappa shape index (κ2) is 11.6. The van der Waals surface area contributed by atoms with Crippen LogP contribution in [-0.2, 0) is 28.7 Å².